The number of rotatable bonds is 8. The van der Waals surface area contributed by atoms with Gasteiger partial charge in [0.1, 0.15) is 11.3 Å². The second-order valence-corrected chi connectivity index (χ2v) is 9.57. The van der Waals surface area contributed by atoms with Crippen molar-refractivity contribution >= 4 is 11.9 Å². The second-order valence-electron chi connectivity index (χ2n) is 9.57. The van der Waals surface area contributed by atoms with Gasteiger partial charge in [0.05, 0.1) is 13.8 Å². The first-order valence-electron chi connectivity index (χ1n) is 12.0. The molecule has 186 valence electrons. The minimum absolute atomic E-state index is 0.154. The molecule has 0 aliphatic carbocycles. The fourth-order valence-corrected chi connectivity index (χ4v) is 4.82. The number of piperazine rings is 1. The number of hydrogen-bond acceptors (Lipinski definition) is 7. The van der Waals surface area contributed by atoms with Crippen molar-refractivity contribution in [3.63, 3.8) is 0 Å². The van der Waals surface area contributed by atoms with Gasteiger partial charge in [0, 0.05) is 32.7 Å². The molecule has 0 unspecified atom stereocenters. The first-order chi connectivity index (χ1) is 16.9. The summed E-state index contributed by atoms with van der Waals surface area (Å²) in [5, 5.41) is 2.93. The summed E-state index contributed by atoms with van der Waals surface area (Å²) in [5.41, 5.74) is 1.40. The molecular formula is C26H32N4O5. The highest BCUT2D eigenvalue weighted by atomic mass is 16.7. The van der Waals surface area contributed by atoms with Crippen molar-refractivity contribution in [3.05, 3.63) is 53.6 Å². The molecule has 3 amide bonds. The van der Waals surface area contributed by atoms with Gasteiger partial charge in [-0.2, -0.15) is 0 Å². The molecule has 0 aromatic heterocycles. The Bertz CT molecular complexity index is 1080. The molecule has 2 aromatic carbocycles. The van der Waals surface area contributed by atoms with E-state index in [0.717, 1.165) is 55.5 Å². The van der Waals surface area contributed by atoms with Crippen molar-refractivity contribution in [2.24, 2.45) is 0 Å². The number of imide groups is 1. The van der Waals surface area contributed by atoms with Crippen LogP contribution in [0, 0.1) is 0 Å². The summed E-state index contributed by atoms with van der Waals surface area (Å²) in [6, 6.07) is 13.5. The van der Waals surface area contributed by atoms with Crippen LogP contribution in [0.1, 0.15) is 24.5 Å². The Morgan fingerprint density at radius 1 is 0.943 bits per heavy atom. The van der Waals surface area contributed by atoms with Crippen LogP contribution in [0.4, 0.5) is 4.79 Å². The highest BCUT2D eigenvalue weighted by Crippen LogP contribution is 2.33. The molecule has 2 fully saturated rings. The van der Waals surface area contributed by atoms with Gasteiger partial charge in [-0.05, 0) is 55.2 Å². The van der Waals surface area contributed by atoms with Crippen LogP contribution in [0.15, 0.2) is 42.5 Å². The highest BCUT2D eigenvalue weighted by Gasteiger charge is 2.47. The van der Waals surface area contributed by atoms with E-state index in [1.807, 2.05) is 43.3 Å². The Balaban J connectivity index is 1.11. The number of fused-ring (bicyclic) bond motifs is 1. The van der Waals surface area contributed by atoms with Crippen LogP contribution in [-0.2, 0) is 17.8 Å². The van der Waals surface area contributed by atoms with E-state index in [2.05, 4.69) is 21.2 Å². The fourth-order valence-electron chi connectivity index (χ4n) is 4.82. The van der Waals surface area contributed by atoms with Gasteiger partial charge >= 0.3 is 6.03 Å². The molecule has 3 heterocycles. The summed E-state index contributed by atoms with van der Waals surface area (Å²) in [5.74, 6) is 2.24. The van der Waals surface area contributed by atoms with Gasteiger partial charge in [-0.3, -0.25) is 14.6 Å². The Kier molecular flexibility index (Phi) is 6.53. The number of benzene rings is 2. The number of methoxy groups -OCH3 is 1. The summed E-state index contributed by atoms with van der Waals surface area (Å²) in [6.45, 7) is 6.58. The third-order valence-corrected chi connectivity index (χ3v) is 7.07. The third-order valence-electron chi connectivity index (χ3n) is 7.07. The molecule has 0 radical (unpaired) electrons. The number of ether oxygens (including phenoxy) is 3. The number of urea groups is 1. The summed E-state index contributed by atoms with van der Waals surface area (Å²) in [4.78, 5) is 31.8. The monoisotopic (exact) mass is 480 g/mol. The summed E-state index contributed by atoms with van der Waals surface area (Å²) < 4.78 is 16.1. The maximum absolute atomic E-state index is 13.2. The number of nitrogens with one attached hydrogen (secondary N) is 1. The maximum Gasteiger partial charge on any atom is 0.326 e. The van der Waals surface area contributed by atoms with E-state index in [-0.39, 0.29) is 18.7 Å². The van der Waals surface area contributed by atoms with Gasteiger partial charge < -0.3 is 19.5 Å². The largest absolute Gasteiger partial charge is 0.497 e. The minimum Gasteiger partial charge on any atom is -0.497 e. The Labute approximate surface area is 205 Å². The molecule has 0 spiro atoms. The van der Waals surface area contributed by atoms with Crippen LogP contribution in [0.2, 0.25) is 0 Å². The zero-order chi connectivity index (χ0) is 24.4. The van der Waals surface area contributed by atoms with Crippen molar-refractivity contribution < 1.29 is 23.8 Å². The molecule has 1 atom stereocenters. The maximum atomic E-state index is 13.2. The lowest BCUT2D eigenvalue weighted by Gasteiger charge is -2.36. The van der Waals surface area contributed by atoms with Gasteiger partial charge in [0.2, 0.25) is 6.79 Å². The number of amides is 3. The summed E-state index contributed by atoms with van der Waals surface area (Å²) in [6.07, 6.45) is 1.24. The van der Waals surface area contributed by atoms with Crippen LogP contribution in [0.3, 0.4) is 0 Å². The van der Waals surface area contributed by atoms with Gasteiger partial charge in [0.25, 0.3) is 5.91 Å². The molecular weight excluding hydrogens is 448 g/mol. The van der Waals surface area contributed by atoms with Crippen LogP contribution in [0.5, 0.6) is 17.2 Å². The predicted octanol–water partition coefficient (Wildman–Crippen LogP) is 2.44. The lowest BCUT2D eigenvalue weighted by molar-refractivity contribution is -0.132. The van der Waals surface area contributed by atoms with E-state index >= 15 is 0 Å². The Morgan fingerprint density at radius 2 is 1.63 bits per heavy atom. The molecule has 3 aliphatic rings. The average molecular weight is 481 g/mol. The summed E-state index contributed by atoms with van der Waals surface area (Å²) >= 11 is 0. The van der Waals surface area contributed by atoms with Gasteiger partial charge in [0.15, 0.2) is 11.5 Å². The zero-order valence-electron chi connectivity index (χ0n) is 20.3. The number of nitrogens with zero attached hydrogens (tertiary/aromatic N) is 3. The van der Waals surface area contributed by atoms with E-state index in [4.69, 9.17) is 14.2 Å². The molecule has 1 N–H and O–H groups in total. The fraction of sp³-hybridized carbons (Fsp3) is 0.462. The lowest BCUT2D eigenvalue weighted by Crippen LogP contribution is -2.51. The molecule has 2 saturated heterocycles. The summed E-state index contributed by atoms with van der Waals surface area (Å²) in [7, 11) is 1.64. The molecule has 0 bridgehead atoms. The molecule has 0 saturated carbocycles. The Hall–Kier alpha value is -3.30. The minimum atomic E-state index is -0.891. The van der Waals surface area contributed by atoms with Crippen molar-refractivity contribution in [1.29, 1.82) is 0 Å². The van der Waals surface area contributed by atoms with Crippen molar-refractivity contribution in [2.45, 2.75) is 31.8 Å². The number of carbonyl (C=O) groups is 2. The molecule has 5 rings (SSSR count). The molecule has 3 aliphatic heterocycles. The van der Waals surface area contributed by atoms with Crippen molar-refractivity contribution in [1.82, 2.24) is 20.0 Å². The topological polar surface area (TPSA) is 83.6 Å². The zero-order valence-corrected chi connectivity index (χ0v) is 20.3. The SMILES string of the molecule is COc1ccc(CC[C@@]2(C)NC(=O)N(CN3CCN(Cc4ccc5c(c4)OCO5)CC3)C2=O)cc1. The average Bonchev–Trinajstić information content (AvgIpc) is 3.42. The normalized spacial score (nSPS) is 22.5. The standard InChI is InChI=1S/C26H32N4O5/c1-26(10-9-19-3-6-21(33-2)7-4-19)24(31)30(25(32)27-26)17-29-13-11-28(12-14-29)16-20-5-8-22-23(15-20)35-18-34-22/h3-8,15H,9-14,16-18H2,1-2H3,(H,27,32)/t26-/m1/s1. The van der Waals surface area contributed by atoms with Crippen LogP contribution in [-0.4, -0.2) is 78.9 Å². The van der Waals surface area contributed by atoms with E-state index in [9.17, 15) is 9.59 Å². The number of aryl methyl sites for hydroxylation is 1. The van der Waals surface area contributed by atoms with Crippen LogP contribution >= 0.6 is 0 Å². The molecule has 2 aromatic rings. The van der Waals surface area contributed by atoms with Crippen molar-refractivity contribution in [2.75, 3.05) is 46.8 Å². The second kappa shape index (κ2) is 9.75. The van der Waals surface area contributed by atoms with E-state index in [0.29, 0.717) is 19.5 Å². The smallest absolute Gasteiger partial charge is 0.326 e. The van der Waals surface area contributed by atoms with Gasteiger partial charge in [-0.1, -0.05) is 18.2 Å². The molecule has 35 heavy (non-hydrogen) atoms. The van der Waals surface area contributed by atoms with Gasteiger partial charge in [-0.15, -0.1) is 0 Å². The van der Waals surface area contributed by atoms with Crippen LogP contribution < -0.4 is 19.5 Å². The predicted molar refractivity (Wildman–Crippen MR) is 129 cm³/mol. The lowest BCUT2D eigenvalue weighted by atomic mass is 9.93. The van der Waals surface area contributed by atoms with Crippen molar-refractivity contribution in [3.8, 4) is 17.2 Å². The number of carbonyl (C=O) groups excluding carboxylic acids is 2. The first kappa shape index (κ1) is 23.4. The van der Waals surface area contributed by atoms with E-state index in [1.165, 1.54) is 10.5 Å². The molecule has 9 heteroatoms. The third kappa shape index (κ3) is 5.06. The molecule has 9 nitrogen and oxygen atoms in total. The van der Waals surface area contributed by atoms with Crippen LogP contribution in [0.25, 0.3) is 0 Å². The van der Waals surface area contributed by atoms with Gasteiger partial charge in [-0.25, -0.2) is 9.69 Å². The number of hydrogen-bond donors (Lipinski definition) is 1. The van der Waals surface area contributed by atoms with E-state index < -0.39 is 5.54 Å². The highest BCUT2D eigenvalue weighted by molar-refractivity contribution is 6.06. The first-order valence-corrected chi connectivity index (χ1v) is 12.0. The Morgan fingerprint density at radius 3 is 2.37 bits per heavy atom. The van der Waals surface area contributed by atoms with E-state index in [1.54, 1.807) is 7.11 Å². The quantitative estimate of drug-likeness (QED) is 0.581.